The minimum atomic E-state index is -2.45. The van der Waals surface area contributed by atoms with Crippen LogP contribution in [0.5, 0.6) is 23.0 Å². The van der Waals surface area contributed by atoms with Crippen LogP contribution in [0.1, 0.15) is 86.2 Å². The average Bonchev–Trinajstić information content (AvgIpc) is 4.07. The van der Waals surface area contributed by atoms with Gasteiger partial charge in [-0.1, -0.05) is 67.4 Å². The zero-order valence-electron chi connectivity index (χ0n) is 35.7. The Labute approximate surface area is 374 Å². The lowest BCUT2D eigenvalue weighted by Gasteiger charge is -2.48. The molecule has 0 unspecified atom stereocenters. The molecule has 10 rings (SSSR count). The molecule has 6 aromatic rings. The number of rotatable bonds is 10. The molecule has 1 aliphatic carbocycles. The highest BCUT2D eigenvalue weighted by Crippen LogP contribution is 2.50. The quantitative estimate of drug-likeness (QED) is 0.0789. The zero-order chi connectivity index (χ0) is 45.0. The van der Waals surface area contributed by atoms with Gasteiger partial charge < -0.3 is 59.1 Å². The Kier molecular flexibility index (Phi) is 11.3. The number of amides is 1. The molecule has 4 heterocycles. The maximum atomic E-state index is 14.8. The number of hydrogen-bond acceptors (Lipinski definition) is 12. The van der Waals surface area contributed by atoms with Crippen molar-refractivity contribution in [1.29, 1.82) is 0 Å². The summed E-state index contributed by atoms with van der Waals surface area (Å²) in [6.07, 6.45) is 1.92. The number of Topliss-reactive ketones (excluding diaryl/α,β-unsaturated/α-hetero) is 1. The molecule has 0 spiro atoms. The van der Waals surface area contributed by atoms with Crippen molar-refractivity contribution in [1.82, 2.24) is 9.88 Å². The van der Waals surface area contributed by atoms with Crippen molar-refractivity contribution in [3.63, 3.8) is 0 Å². The SMILES string of the molecule is COc1cc2cc(C3CCCC3)c(C(=O)CN3Cc4ccccc4C3=O)c(O)c2c2c1/C=C/[C@H](c1c[nH]c3ccccc13)OC[C@H]1O[C@H](O2)[C@@](O)(CO)[C@@H](OCc2cccc(O)c2)[C@@H]1O. The highest BCUT2D eigenvalue weighted by molar-refractivity contribution is 6.11. The number of aliphatic hydroxyl groups is 3. The number of hydrogen-bond donors (Lipinski definition) is 6. The van der Waals surface area contributed by atoms with Gasteiger partial charge in [0.05, 0.1) is 50.0 Å². The van der Waals surface area contributed by atoms with Gasteiger partial charge in [-0.2, -0.15) is 0 Å². The van der Waals surface area contributed by atoms with Crippen LogP contribution in [0.3, 0.4) is 0 Å². The Morgan fingerprint density at radius 3 is 2.57 bits per heavy atom. The van der Waals surface area contributed by atoms with E-state index in [1.165, 1.54) is 24.1 Å². The van der Waals surface area contributed by atoms with E-state index in [1.54, 1.807) is 42.5 Å². The number of aliphatic hydroxyl groups excluding tert-OH is 2. The molecule has 3 aliphatic heterocycles. The molecular weight excluding hydrogens is 833 g/mol. The van der Waals surface area contributed by atoms with Gasteiger partial charge in [0, 0.05) is 34.8 Å². The van der Waals surface area contributed by atoms with Crippen LogP contribution >= 0.6 is 0 Å². The predicted octanol–water partition coefficient (Wildman–Crippen LogP) is 6.80. The van der Waals surface area contributed by atoms with Crippen molar-refractivity contribution in [2.24, 2.45) is 0 Å². The summed E-state index contributed by atoms with van der Waals surface area (Å²) in [7, 11) is 1.49. The van der Waals surface area contributed by atoms with Gasteiger partial charge in [-0.25, -0.2) is 0 Å². The number of ether oxygens (including phenoxy) is 5. The third-order valence-electron chi connectivity index (χ3n) is 13.4. The van der Waals surface area contributed by atoms with Crippen molar-refractivity contribution in [2.45, 2.75) is 81.1 Å². The van der Waals surface area contributed by atoms with Crippen LogP contribution in [-0.2, 0) is 27.4 Å². The van der Waals surface area contributed by atoms with Crippen LogP contribution in [0.2, 0.25) is 0 Å². The maximum Gasteiger partial charge on any atom is 0.254 e. The van der Waals surface area contributed by atoms with Crippen LogP contribution in [0.25, 0.3) is 27.8 Å². The molecule has 4 aliphatic rings. The van der Waals surface area contributed by atoms with Gasteiger partial charge in [-0.05, 0) is 83.3 Å². The smallest absolute Gasteiger partial charge is 0.254 e. The van der Waals surface area contributed by atoms with Gasteiger partial charge in [-0.15, -0.1) is 0 Å². The van der Waals surface area contributed by atoms with Gasteiger partial charge in [0.15, 0.2) is 11.4 Å². The molecule has 1 amide bonds. The van der Waals surface area contributed by atoms with E-state index in [1.807, 2.05) is 48.7 Å². The second-order valence-corrected chi connectivity index (χ2v) is 17.4. The molecule has 6 N–H and O–H groups in total. The van der Waals surface area contributed by atoms with Crippen molar-refractivity contribution < 1.29 is 58.8 Å². The van der Waals surface area contributed by atoms with E-state index in [9.17, 15) is 35.1 Å². The Balaban J connectivity index is 1.15. The van der Waals surface area contributed by atoms with Crippen molar-refractivity contribution in [3.8, 4) is 23.0 Å². The molecule has 5 aromatic carbocycles. The van der Waals surface area contributed by atoms with Gasteiger partial charge in [-0.3, -0.25) is 9.59 Å². The summed E-state index contributed by atoms with van der Waals surface area (Å²) in [6, 6.07) is 24.9. The van der Waals surface area contributed by atoms with Crippen LogP contribution < -0.4 is 9.47 Å². The number of carbonyl (C=O) groups excluding carboxylic acids is 2. The number of aromatic nitrogens is 1. The van der Waals surface area contributed by atoms with E-state index >= 15 is 0 Å². The Morgan fingerprint density at radius 1 is 0.985 bits per heavy atom. The number of fused-ring (bicyclic) bond motifs is 7. The average molecular weight is 883 g/mol. The van der Waals surface area contributed by atoms with E-state index in [0.717, 1.165) is 47.7 Å². The number of aromatic amines is 1. The van der Waals surface area contributed by atoms with E-state index in [2.05, 4.69) is 4.98 Å². The van der Waals surface area contributed by atoms with E-state index < -0.39 is 48.7 Å². The molecule has 14 heteroatoms. The molecule has 65 heavy (non-hydrogen) atoms. The summed E-state index contributed by atoms with van der Waals surface area (Å²) in [6.45, 7) is -1.47. The van der Waals surface area contributed by atoms with Gasteiger partial charge in [0.1, 0.15) is 47.4 Å². The van der Waals surface area contributed by atoms with Crippen molar-refractivity contribution in [2.75, 3.05) is 26.9 Å². The molecule has 336 valence electrons. The van der Waals surface area contributed by atoms with Gasteiger partial charge in [0.25, 0.3) is 5.91 Å². The van der Waals surface area contributed by atoms with Crippen LogP contribution in [0, 0.1) is 0 Å². The predicted molar refractivity (Wildman–Crippen MR) is 239 cm³/mol. The first-order valence-electron chi connectivity index (χ1n) is 22.0. The first-order chi connectivity index (χ1) is 31.6. The molecule has 0 radical (unpaired) electrons. The Hall–Kier alpha value is -6.26. The molecule has 1 saturated carbocycles. The number of nitrogens with one attached hydrogen (secondary N) is 1. The summed E-state index contributed by atoms with van der Waals surface area (Å²) in [4.78, 5) is 33.1. The second kappa shape index (κ2) is 17.3. The minimum Gasteiger partial charge on any atom is -0.508 e. The maximum absolute atomic E-state index is 14.8. The largest absolute Gasteiger partial charge is 0.508 e. The summed E-state index contributed by atoms with van der Waals surface area (Å²) in [5, 5.41) is 60.0. The first kappa shape index (κ1) is 42.7. The highest BCUT2D eigenvalue weighted by Gasteiger charge is 2.58. The minimum absolute atomic E-state index is 0.0129. The first-order valence-corrected chi connectivity index (χ1v) is 22.0. The molecule has 1 aromatic heterocycles. The van der Waals surface area contributed by atoms with Gasteiger partial charge in [0.2, 0.25) is 6.29 Å². The number of carbonyl (C=O) groups is 2. The normalized spacial score (nSPS) is 25.0. The highest BCUT2D eigenvalue weighted by atomic mass is 16.7. The third-order valence-corrected chi connectivity index (χ3v) is 13.4. The summed E-state index contributed by atoms with van der Waals surface area (Å²) < 4.78 is 32.1. The summed E-state index contributed by atoms with van der Waals surface area (Å²) >= 11 is 0. The van der Waals surface area contributed by atoms with Crippen LogP contribution in [0.4, 0.5) is 0 Å². The van der Waals surface area contributed by atoms with Crippen molar-refractivity contribution in [3.05, 3.63) is 136 Å². The number of phenolic OH excluding ortho intramolecular Hbond substituents is 2. The topological polar surface area (TPSA) is 200 Å². The summed E-state index contributed by atoms with van der Waals surface area (Å²) in [5.41, 5.74) is 2.04. The van der Waals surface area contributed by atoms with Gasteiger partial charge >= 0.3 is 0 Å². The lowest BCUT2D eigenvalue weighted by molar-refractivity contribution is -0.338. The standard InChI is InChI=1S/C51H50N2O12/c1-61-41-21-31-20-36(29-10-2-3-11-29)44(39(56)24-53-23-30-12-4-5-14-33(30)49(53)59)46(58)43(31)47-35(41)17-18-40(37-22-52-38-16-7-6-15-34(37)38)62-26-42-45(57)48(51(60,27-54)50(64-42)65-47)63-25-28-9-8-13-32(55)19-28/h4-9,12-22,29,40,42,45,48,50,52,54-55,57-58,60H,2-3,10-11,23-27H2,1H3/b18-17+/t40-,42-,45-,48+,50-,51-/m1/s1. The fourth-order valence-electron chi connectivity index (χ4n) is 10.1. The third kappa shape index (κ3) is 7.59. The van der Waals surface area contributed by atoms with E-state index in [-0.39, 0.29) is 71.9 Å². The number of H-pyrrole nitrogens is 1. The number of methoxy groups -OCH3 is 1. The number of nitrogens with zero attached hydrogens (tertiary/aromatic N) is 1. The van der Waals surface area contributed by atoms with Crippen molar-refractivity contribution >= 4 is 39.4 Å². The molecular formula is C51H50N2O12. The summed E-state index contributed by atoms with van der Waals surface area (Å²) in [5.74, 6) is -0.923. The number of ketones is 1. The molecule has 14 nitrogen and oxygen atoms in total. The number of phenols is 2. The molecule has 6 atom stereocenters. The monoisotopic (exact) mass is 882 g/mol. The lowest BCUT2D eigenvalue weighted by Crippen LogP contribution is -2.70. The second-order valence-electron chi connectivity index (χ2n) is 17.4. The Morgan fingerprint density at radius 2 is 1.78 bits per heavy atom. The van der Waals surface area contributed by atoms with E-state index in [0.29, 0.717) is 27.8 Å². The zero-order valence-corrected chi connectivity index (χ0v) is 35.7. The fourth-order valence-corrected chi connectivity index (χ4v) is 10.1. The fraction of sp³-hybridized carbons (Fsp3) is 0.333. The van der Waals surface area contributed by atoms with Crippen LogP contribution in [-0.4, -0.2) is 104 Å². The lowest BCUT2D eigenvalue weighted by atomic mass is 9.86. The van der Waals surface area contributed by atoms with Crippen LogP contribution in [0.15, 0.2) is 97.2 Å². The molecule has 2 fully saturated rings. The number of para-hydroxylation sites is 1. The molecule has 2 bridgehead atoms. The number of benzene rings is 5. The number of aromatic hydroxyl groups is 2. The Bertz CT molecular complexity index is 2830. The molecule has 1 saturated heterocycles. The van der Waals surface area contributed by atoms with E-state index in [4.69, 9.17) is 23.7 Å².